The van der Waals surface area contributed by atoms with Crippen LogP contribution in [0.2, 0.25) is 0 Å². The van der Waals surface area contributed by atoms with Crippen LogP contribution in [-0.2, 0) is 4.79 Å². The Morgan fingerprint density at radius 1 is 1.44 bits per heavy atom. The van der Waals surface area contributed by atoms with E-state index in [1.807, 2.05) is 20.9 Å². The number of carbonyl (C=O) groups excluding carboxylic acids is 1. The van der Waals surface area contributed by atoms with Gasteiger partial charge < -0.3 is 5.32 Å². The lowest BCUT2D eigenvalue weighted by Crippen LogP contribution is -2.32. The van der Waals surface area contributed by atoms with Crippen molar-refractivity contribution in [2.75, 3.05) is 7.05 Å². The van der Waals surface area contributed by atoms with Gasteiger partial charge in [-0.3, -0.25) is 4.79 Å². The van der Waals surface area contributed by atoms with Crippen LogP contribution in [0.3, 0.4) is 0 Å². The van der Waals surface area contributed by atoms with Crippen LogP contribution in [0.15, 0.2) is 0 Å². The average molecular weight is 129 g/mol. The molecule has 0 saturated carbocycles. The standard InChI is InChI=1S/C7H15NO/c1-5(7(3)9)6(2)8-4/h5-6,8H,1-4H3. The van der Waals surface area contributed by atoms with Crippen molar-refractivity contribution in [3.63, 3.8) is 0 Å². The summed E-state index contributed by atoms with van der Waals surface area (Å²) >= 11 is 0. The summed E-state index contributed by atoms with van der Waals surface area (Å²) in [4.78, 5) is 10.7. The molecule has 2 nitrogen and oxygen atoms in total. The van der Waals surface area contributed by atoms with E-state index < -0.39 is 0 Å². The van der Waals surface area contributed by atoms with Crippen molar-refractivity contribution in [1.29, 1.82) is 0 Å². The van der Waals surface area contributed by atoms with Gasteiger partial charge in [0, 0.05) is 12.0 Å². The van der Waals surface area contributed by atoms with Gasteiger partial charge in [0.1, 0.15) is 5.78 Å². The third kappa shape index (κ3) is 2.61. The van der Waals surface area contributed by atoms with Crippen molar-refractivity contribution in [3.05, 3.63) is 0 Å². The predicted octanol–water partition coefficient (Wildman–Crippen LogP) is 0.819. The molecule has 0 aromatic heterocycles. The zero-order valence-electron chi connectivity index (χ0n) is 6.56. The molecule has 0 amide bonds. The van der Waals surface area contributed by atoms with Crippen LogP contribution in [0.25, 0.3) is 0 Å². The van der Waals surface area contributed by atoms with Gasteiger partial charge in [0.25, 0.3) is 0 Å². The Morgan fingerprint density at radius 2 is 1.89 bits per heavy atom. The maximum atomic E-state index is 10.7. The molecular weight excluding hydrogens is 114 g/mol. The SMILES string of the molecule is CNC(C)C(C)C(C)=O. The van der Waals surface area contributed by atoms with E-state index in [9.17, 15) is 4.79 Å². The predicted molar refractivity (Wildman–Crippen MR) is 38.4 cm³/mol. The monoisotopic (exact) mass is 129 g/mol. The van der Waals surface area contributed by atoms with E-state index in [4.69, 9.17) is 0 Å². The van der Waals surface area contributed by atoms with Gasteiger partial charge in [0.15, 0.2) is 0 Å². The number of rotatable bonds is 3. The molecule has 9 heavy (non-hydrogen) atoms. The summed E-state index contributed by atoms with van der Waals surface area (Å²) < 4.78 is 0. The Balaban J connectivity index is 3.72. The highest BCUT2D eigenvalue weighted by Crippen LogP contribution is 2.01. The molecule has 0 heterocycles. The van der Waals surface area contributed by atoms with E-state index in [2.05, 4.69) is 5.32 Å². The summed E-state index contributed by atoms with van der Waals surface area (Å²) in [6.45, 7) is 5.56. The van der Waals surface area contributed by atoms with Gasteiger partial charge in [0.05, 0.1) is 0 Å². The van der Waals surface area contributed by atoms with Gasteiger partial charge in [-0.2, -0.15) is 0 Å². The molecule has 0 aliphatic rings. The van der Waals surface area contributed by atoms with Crippen LogP contribution in [0.5, 0.6) is 0 Å². The molecule has 0 spiro atoms. The van der Waals surface area contributed by atoms with Crippen molar-refractivity contribution >= 4 is 5.78 Å². The quantitative estimate of drug-likeness (QED) is 0.611. The second-order valence-corrected chi connectivity index (χ2v) is 2.48. The highest BCUT2D eigenvalue weighted by Gasteiger charge is 2.13. The molecule has 0 aromatic carbocycles. The Morgan fingerprint density at radius 3 is 2.00 bits per heavy atom. The van der Waals surface area contributed by atoms with Crippen molar-refractivity contribution in [1.82, 2.24) is 5.32 Å². The average Bonchev–Trinajstić information content (AvgIpc) is 1.84. The maximum Gasteiger partial charge on any atom is 0.134 e. The largest absolute Gasteiger partial charge is 0.317 e. The zero-order chi connectivity index (χ0) is 7.44. The van der Waals surface area contributed by atoms with Gasteiger partial charge in [-0.1, -0.05) is 6.92 Å². The van der Waals surface area contributed by atoms with E-state index in [1.54, 1.807) is 6.92 Å². The Bertz CT molecular complexity index is 101. The highest BCUT2D eigenvalue weighted by molar-refractivity contribution is 5.78. The topological polar surface area (TPSA) is 29.1 Å². The second-order valence-electron chi connectivity index (χ2n) is 2.48. The number of Topliss-reactive ketones (excluding diaryl/α,β-unsaturated/α-hetero) is 1. The number of ketones is 1. The van der Waals surface area contributed by atoms with Gasteiger partial charge >= 0.3 is 0 Å². The number of carbonyl (C=O) groups is 1. The third-order valence-corrected chi connectivity index (χ3v) is 1.85. The van der Waals surface area contributed by atoms with E-state index >= 15 is 0 Å². The summed E-state index contributed by atoms with van der Waals surface area (Å²) in [6.07, 6.45) is 0. The van der Waals surface area contributed by atoms with E-state index in [0.717, 1.165) is 0 Å². The fourth-order valence-corrected chi connectivity index (χ4v) is 0.602. The molecule has 0 bridgehead atoms. The molecule has 0 aliphatic heterocycles. The second kappa shape index (κ2) is 3.62. The first-order valence-electron chi connectivity index (χ1n) is 3.27. The smallest absolute Gasteiger partial charge is 0.134 e. The van der Waals surface area contributed by atoms with Gasteiger partial charge in [-0.05, 0) is 20.9 Å². The van der Waals surface area contributed by atoms with Crippen molar-refractivity contribution in [2.45, 2.75) is 26.8 Å². The Labute approximate surface area is 56.6 Å². The fraction of sp³-hybridized carbons (Fsp3) is 0.857. The number of hydrogen-bond donors (Lipinski definition) is 1. The van der Waals surface area contributed by atoms with Gasteiger partial charge in [-0.15, -0.1) is 0 Å². The van der Waals surface area contributed by atoms with Gasteiger partial charge in [0.2, 0.25) is 0 Å². The van der Waals surface area contributed by atoms with Crippen LogP contribution < -0.4 is 5.32 Å². The van der Waals surface area contributed by atoms with Crippen LogP contribution in [-0.4, -0.2) is 18.9 Å². The number of hydrogen-bond acceptors (Lipinski definition) is 2. The van der Waals surface area contributed by atoms with E-state index in [0.29, 0.717) is 6.04 Å². The first-order chi connectivity index (χ1) is 4.09. The molecule has 0 radical (unpaired) electrons. The van der Waals surface area contributed by atoms with Crippen molar-refractivity contribution < 1.29 is 4.79 Å². The molecule has 0 aromatic rings. The zero-order valence-corrected chi connectivity index (χ0v) is 6.56. The molecule has 0 aliphatic carbocycles. The summed E-state index contributed by atoms with van der Waals surface area (Å²) in [5, 5.41) is 3.03. The fourth-order valence-electron chi connectivity index (χ4n) is 0.602. The molecule has 2 heteroatoms. The summed E-state index contributed by atoms with van der Waals surface area (Å²) in [6, 6.07) is 0.294. The minimum Gasteiger partial charge on any atom is -0.317 e. The Kier molecular flexibility index (Phi) is 3.47. The lowest BCUT2D eigenvalue weighted by molar-refractivity contribution is -0.120. The molecule has 0 rings (SSSR count). The lowest BCUT2D eigenvalue weighted by Gasteiger charge is -2.15. The molecule has 1 N–H and O–H groups in total. The number of nitrogens with one attached hydrogen (secondary N) is 1. The van der Waals surface area contributed by atoms with E-state index in [-0.39, 0.29) is 11.7 Å². The van der Waals surface area contributed by atoms with E-state index in [1.165, 1.54) is 0 Å². The maximum absolute atomic E-state index is 10.7. The minimum absolute atomic E-state index is 0.134. The van der Waals surface area contributed by atoms with Crippen LogP contribution >= 0.6 is 0 Å². The third-order valence-electron chi connectivity index (χ3n) is 1.85. The Hall–Kier alpha value is -0.370. The molecule has 0 saturated heterocycles. The lowest BCUT2D eigenvalue weighted by atomic mass is 10.0. The van der Waals surface area contributed by atoms with Gasteiger partial charge in [-0.25, -0.2) is 0 Å². The first kappa shape index (κ1) is 8.63. The molecule has 0 fully saturated rings. The summed E-state index contributed by atoms with van der Waals surface area (Å²) in [7, 11) is 1.87. The summed E-state index contributed by atoms with van der Waals surface area (Å²) in [5.41, 5.74) is 0. The molecule has 54 valence electrons. The molecule has 2 atom stereocenters. The van der Waals surface area contributed by atoms with Crippen molar-refractivity contribution in [2.24, 2.45) is 5.92 Å². The van der Waals surface area contributed by atoms with Crippen LogP contribution in [0.1, 0.15) is 20.8 Å². The first-order valence-corrected chi connectivity index (χ1v) is 3.27. The normalized spacial score (nSPS) is 16.9. The van der Waals surface area contributed by atoms with Crippen molar-refractivity contribution in [3.8, 4) is 0 Å². The minimum atomic E-state index is 0.134. The van der Waals surface area contributed by atoms with Crippen LogP contribution in [0, 0.1) is 5.92 Å². The van der Waals surface area contributed by atoms with Crippen LogP contribution in [0.4, 0.5) is 0 Å². The highest BCUT2D eigenvalue weighted by atomic mass is 16.1. The molecular formula is C7H15NO. The molecule has 2 unspecified atom stereocenters. The summed E-state index contributed by atoms with van der Waals surface area (Å²) in [5.74, 6) is 0.381.